The fourth-order valence-corrected chi connectivity index (χ4v) is 0.522. The van der Waals surface area contributed by atoms with Gasteiger partial charge in [-0.1, -0.05) is 0 Å². The zero-order valence-corrected chi connectivity index (χ0v) is 8.03. The first-order chi connectivity index (χ1) is 4.74. The maximum absolute atomic E-state index is 10.5. The van der Waals surface area contributed by atoms with E-state index in [4.69, 9.17) is 5.11 Å². The Morgan fingerprint density at radius 3 is 2.73 bits per heavy atom. The molecule has 0 aliphatic heterocycles. The average Bonchev–Trinajstić information content (AvgIpc) is 1.95. The summed E-state index contributed by atoms with van der Waals surface area (Å²) in [6, 6.07) is 0.975. The van der Waals surface area contributed by atoms with Gasteiger partial charge in [-0.25, -0.2) is 0 Å². The summed E-state index contributed by atoms with van der Waals surface area (Å²) < 4.78 is 4.53. The number of hydrogen-bond donors (Lipinski definition) is 1. The Balaban J connectivity index is 0.000001000. The summed E-state index contributed by atoms with van der Waals surface area (Å²) in [4.78, 5) is 10.5. The van der Waals surface area contributed by atoms with E-state index in [1.54, 1.807) is 0 Å². The van der Waals surface area contributed by atoms with Crippen molar-refractivity contribution in [2.75, 3.05) is 0 Å². The predicted octanol–water partition coefficient (Wildman–Crippen LogP) is -3.79. The summed E-state index contributed by atoms with van der Waals surface area (Å²) in [7, 11) is 0. The van der Waals surface area contributed by atoms with E-state index in [1.807, 2.05) is 0 Å². The van der Waals surface area contributed by atoms with Gasteiger partial charge in [-0.05, 0) is 5.75 Å². The molecule has 0 atom stereocenters. The number of hydrogen-bond acceptors (Lipinski definition) is 4. The van der Waals surface area contributed by atoms with Crippen LogP contribution in [0.1, 0.15) is 5.76 Å². The molecule has 0 saturated carbocycles. The number of aliphatic hydroxyl groups excluding tert-OH is 1. The van der Waals surface area contributed by atoms with E-state index >= 15 is 0 Å². The number of rotatable bonds is 1. The Bertz CT molecular complexity index is 280. The molecular weight excluding hydrogens is 159 g/mol. The fourth-order valence-electron chi connectivity index (χ4n) is 0.522. The molecule has 0 aliphatic rings. The van der Waals surface area contributed by atoms with Crippen LogP contribution >= 0.6 is 0 Å². The van der Waals surface area contributed by atoms with Crippen molar-refractivity contribution in [2.24, 2.45) is 0 Å². The van der Waals surface area contributed by atoms with Crippen LogP contribution in [-0.2, 0) is 6.61 Å². The molecule has 11 heavy (non-hydrogen) atoms. The smallest absolute Gasteiger partial charge is 0.868 e. The van der Waals surface area contributed by atoms with Crippen LogP contribution in [0.15, 0.2) is 21.5 Å². The predicted molar refractivity (Wildman–Crippen MR) is 30.3 cm³/mol. The third kappa shape index (κ3) is 2.67. The van der Waals surface area contributed by atoms with Gasteiger partial charge in [0.15, 0.2) is 5.43 Å². The van der Waals surface area contributed by atoms with E-state index in [0.29, 0.717) is 0 Å². The van der Waals surface area contributed by atoms with Crippen molar-refractivity contribution in [3.8, 4) is 5.75 Å². The van der Waals surface area contributed by atoms with Gasteiger partial charge in [-0.15, -0.1) is 0 Å². The van der Waals surface area contributed by atoms with Crippen molar-refractivity contribution in [2.45, 2.75) is 6.61 Å². The third-order valence-electron chi connectivity index (χ3n) is 1.01. The average molecular weight is 164 g/mol. The van der Waals surface area contributed by atoms with E-state index in [2.05, 4.69) is 4.42 Å². The molecule has 1 rings (SSSR count). The van der Waals surface area contributed by atoms with Crippen LogP contribution in [0.3, 0.4) is 0 Å². The quantitative estimate of drug-likeness (QED) is 0.432. The van der Waals surface area contributed by atoms with E-state index < -0.39 is 11.2 Å². The third-order valence-corrected chi connectivity index (χ3v) is 1.01. The van der Waals surface area contributed by atoms with Gasteiger partial charge < -0.3 is 14.6 Å². The maximum atomic E-state index is 10.5. The summed E-state index contributed by atoms with van der Waals surface area (Å²) in [6.45, 7) is -0.366. The first-order valence-electron chi connectivity index (χ1n) is 2.63. The Morgan fingerprint density at radius 1 is 1.64 bits per heavy atom. The van der Waals surface area contributed by atoms with Crippen molar-refractivity contribution in [1.29, 1.82) is 0 Å². The standard InChI is InChI=1S/C6H6O4.Na/c7-2-4-1-5(8)6(9)3-10-4;/h1,3,7,9H,2H2;/q;+1/p-1. The van der Waals surface area contributed by atoms with Gasteiger partial charge in [0.1, 0.15) is 12.4 Å². The minimum atomic E-state index is -0.697. The van der Waals surface area contributed by atoms with Crippen LogP contribution in [0.25, 0.3) is 0 Å². The summed E-state index contributed by atoms with van der Waals surface area (Å²) in [5, 5.41) is 18.8. The van der Waals surface area contributed by atoms with Gasteiger partial charge in [0.2, 0.25) is 0 Å². The largest absolute Gasteiger partial charge is 1.00 e. The van der Waals surface area contributed by atoms with Gasteiger partial charge >= 0.3 is 29.6 Å². The molecule has 1 aromatic rings. The molecule has 0 spiro atoms. The first-order valence-corrected chi connectivity index (χ1v) is 2.63. The molecule has 0 aromatic carbocycles. The van der Waals surface area contributed by atoms with Crippen molar-refractivity contribution in [1.82, 2.24) is 0 Å². The Labute approximate surface area is 84.8 Å². The molecule has 1 N–H and O–H groups in total. The molecule has 0 bridgehead atoms. The second-order valence-electron chi connectivity index (χ2n) is 1.73. The van der Waals surface area contributed by atoms with Crippen LogP contribution < -0.4 is 40.1 Å². The van der Waals surface area contributed by atoms with E-state index in [9.17, 15) is 9.90 Å². The molecular formula is C6H5NaO4. The van der Waals surface area contributed by atoms with Crippen LogP contribution in [0, 0.1) is 0 Å². The van der Waals surface area contributed by atoms with Crippen molar-refractivity contribution in [3.05, 3.63) is 28.3 Å². The summed E-state index contributed by atoms with van der Waals surface area (Å²) in [5.74, 6) is -0.596. The van der Waals surface area contributed by atoms with Crippen molar-refractivity contribution >= 4 is 0 Å². The van der Waals surface area contributed by atoms with Crippen molar-refractivity contribution in [3.63, 3.8) is 0 Å². The van der Waals surface area contributed by atoms with Crippen molar-refractivity contribution < 1.29 is 44.2 Å². The zero-order valence-electron chi connectivity index (χ0n) is 6.03. The summed E-state index contributed by atoms with van der Waals surface area (Å²) in [5.41, 5.74) is -0.657. The van der Waals surface area contributed by atoms with Crippen LogP contribution in [0.4, 0.5) is 0 Å². The van der Waals surface area contributed by atoms with Gasteiger partial charge in [0.25, 0.3) is 0 Å². The molecule has 54 valence electrons. The van der Waals surface area contributed by atoms with Gasteiger partial charge in [-0.3, -0.25) is 4.79 Å². The molecule has 0 fully saturated rings. The molecule has 0 aliphatic carbocycles. The molecule has 0 saturated heterocycles. The Morgan fingerprint density at radius 2 is 2.27 bits per heavy atom. The normalized spacial score (nSPS) is 8.82. The fraction of sp³-hybridized carbons (Fsp3) is 0.167. The van der Waals surface area contributed by atoms with Crippen LogP contribution in [0.5, 0.6) is 5.75 Å². The van der Waals surface area contributed by atoms with E-state index in [-0.39, 0.29) is 41.9 Å². The summed E-state index contributed by atoms with van der Waals surface area (Å²) in [6.07, 6.45) is 0.786. The minimum absolute atomic E-state index is 0. The molecule has 0 radical (unpaired) electrons. The second-order valence-corrected chi connectivity index (χ2v) is 1.73. The van der Waals surface area contributed by atoms with Gasteiger partial charge in [-0.2, -0.15) is 0 Å². The SMILES string of the molecule is O=c1cc(CO)occ1[O-].[Na+]. The molecule has 0 unspecified atom stereocenters. The van der Waals surface area contributed by atoms with E-state index in [1.165, 1.54) is 0 Å². The zero-order chi connectivity index (χ0) is 7.56. The molecule has 1 heterocycles. The number of aliphatic hydroxyl groups is 1. The molecule has 5 heteroatoms. The maximum Gasteiger partial charge on any atom is 1.00 e. The van der Waals surface area contributed by atoms with Gasteiger partial charge in [0.05, 0.1) is 6.26 Å². The Hall–Kier alpha value is -0.290. The van der Waals surface area contributed by atoms with Crippen LogP contribution in [-0.4, -0.2) is 5.11 Å². The molecule has 1 aromatic heterocycles. The van der Waals surface area contributed by atoms with Crippen LogP contribution in [0.2, 0.25) is 0 Å². The first kappa shape index (κ1) is 10.7. The Kier molecular flexibility index (Phi) is 4.44. The molecule has 0 amide bonds. The second kappa shape index (κ2) is 4.56. The molecule has 4 nitrogen and oxygen atoms in total. The topological polar surface area (TPSA) is 73.5 Å². The summed E-state index contributed by atoms with van der Waals surface area (Å²) >= 11 is 0. The minimum Gasteiger partial charge on any atom is -0.868 e. The monoisotopic (exact) mass is 164 g/mol. The van der Waals surface area contributed by atoms with E-state index in [0.717, 1.165) is 12.3 Å². The van der Waals surface area contributed by atoms with Gasteiger partial charge in [0, 0.05) is 6.07 Å².